The summed E-state index contributed by atoms with van der Waals surface area (Å²) in [7, 11) is 1.65. The molecule has 0 amide bonds. The van der Waals surface area contributed by atoms with Gasteiger partial charge in [0.15, 0.2) is 0 Å². The number of nitrogens with zero attached hydrogens (tertiary/aromatic N) is 1. The Hall–Kier alpha value is -1.12. The fraction of sp³-hybridized carbons (Fsp3) is 0.273. The van der Waals surface area contributed by atoms with Crippen molar-refractivity contribution >= 4 is 0 Å². The van der Waals surface area contributed by atoms with Crippen molar-refractivity contribution < 1.29 is 5.21 Å². The van der Waals surface area contributed by atoms with Crippen molar-refractivity contribution in [1.29, 1.82) is 0 Å². The molecule has 0 saturated heterocycles. The van der Waals surface area contributed by atoms with Crippen molar-refractivity contribution in [3.63, 3.8) is 0 Å². The topological polar surface area (TPSA) is 23.5 Å². The molecule has 2 heteroatoms. The Kier molecular flexibility index (Phi) is 3.68. The van der Waals surface area contributed by atoms with Gasteiger partial charge in [-0.1, -0.05) is 36.4 Å². The zero-order chi connectivity index (χ0) is 9.68. The molecule has 1 rings (SSSR count). The van der Waals surface area contributed by atoms with Gasteiger partial charge in [-0.05, 0) is 12.0 Å². The fourth-order valence-corrected chi connectivity index (χ4v) is 1.34. The van der Waals surface area contributed by atoms with Crippen LogP contribution in [0.2, 0.25) is 0 Å². The molecule has 13 heavy (non-hydrogen) atoms. The Balaban J connectivity index is 2.82. The van der Waals surface area contributed by atoms with Gasteiger partial charge in [0.1, 0.15) is 0 Å². The molecule has 1 atom stereocenters. The molecule has 0 saturated carbocycles. The van der Waals surface area contributed by atoms with E-state index in [4.69, 9.17) is 0 Å². The first kappa shape index (κ1) is 9.96. The van der Waals surface area contributed by atoms with Gasteiger partial charge in [-0.25, -0.2) is 0 Å². The molecule has 0 aromatic heterocycles. The van der Waals surface area contributed by atoms with E-state index in [2.05, 4.69) is 6.58 Å². The summed E-state index contributed by atoms with van der Waals surface area (Å²) in [5, 5.41) is 10.6. The molecule has 1 aromatic rings. The number of rotatable bonds is 4. The van der Waals surface area contributed by atoms with Gasteiger partial charge < -0.3 is 5.21 Å². The second kappa shape index (κ2) is 4.80. The van der Waals surface area contributed by atoms with Crippen molar-refractivity contribution in [1.82, 2.24) is 5.06 Å². The number of hydrogen-bond donors (Lipinski definition) is 1. The highest BCUT2D eigenvalue weighted by Gasteiger charge is 2.12. The number of hydrogen-bond acceptors (Lipinski definition) is 2. The zero-order valence-electron chi connectivity index (χ0n) is 7.85. The standard InChI is InChI=1S/C11H15NO/c1-3-7-11(12(2)13)10-8-5-4-6-9-10/h3-6,8-9,11,13H,1,7H2,2H3. The molecule has 1 unspecified atom stereocenters. The third kappa shape index (κ3) is 2.68. The SMILES string of the molecule is C=CCC(c1ccccc1)N(C)O. The summed E-state index contributed by atoms with van der Waals surface area (Å²) in [6.07, 6.45) is 2.56. The fourth-order valence-electron chi connectivity index (χ4n) is 1.34. The summed E-state index contributed by atoms with van der Waals surface area (Å²) in [6, 6.07) is 9.91. The predicted octanol–water partition coefficient (Wildman–Crippen LogP) is 2.62. The molecular formula is C11H15NO. The van der Waals surface area contributed by atoms with Crippen molar-refractivity contribution in [3.8, 4) is 0 Å². The average molecular weight is 177 g/mol. The van der Waals surface area contributed by atoms with Crippen LogP contribution in [-0.2, 0) is 0 Å². The maximum absolute atomic E-state index is 9.38. The molecule has 1 N–H and O–H groups in total. The summed E-state index contributed by atoms with van der Waals surface area (Å²) in [4.78, 5) is 0. The summed E-state index contributed by atoms with van der Waals surface area (Å²) in [6.45, 7) is 3.67. The molecule has 0 spiro atoms. The van der Waals surface area contributed by atoms with Crippen LogP contribution >= 0.6 is 0 Å². The van der Waals surface area contributed by atoms with Gasteiger partial charge in [0, 0.05) is 7.05 Å². The van der Waals surface area contributed by atoms with Gasteiger partial charge in [-0.3, -0.25) is 0 Å². The van der Waals surface area contributed by atoms with E-state index in [0.29, 0.717) is 0 Å². The summed E-state index contributed by atoms with van der Waals surface area (Å²) in [5.74, 6) is 0. The lowest BCUT2D eigenvalue weighted by atomic mass is 10.0. The first-order chi connectivity index (χ1) is 6.25. The quantitative estimate of drug-likeness (QED) is 0.564. The molecule has 0 aliphatic rings. The Bertz CT molecular complexity index is 256. The van der Waals surface area contributed by atoms with E-state index in [-0.39, 0.29) is 6.04 Å². The second-order valence-electron chi connectivity index (χ2n) is 3.02. The third-order valence-electron chi connectivity index (χ3n) is 2.03. The Labute approximate surface area is 79.1 Å². The number of benzene rings is 1. The van der Waals surface area contributed by atoms with Crippen molar-refractivity contribution in [2.75, 3.05) is 7.05 Å². The van der Waals surface area contributed by atoms with Crippen LogP contribution in [-0.4, -0.2) is 17.3 Å². The van der Waals surface area contributed by atoms with E-state index in [1.807, 2.05) is 36.4 Å². The van der Waals surface area contributed by atoms with E-state index >= 15 is 0 Å². The molecule has 2 nitrogen and oxygen atoms in total. The van der Waals surface area contributed by atoms with Crippen LogP contribution in [0.25, 0.3) is 0 Å². The van der Waals surface area contributed by atoms with Crippen molar-refractivity contribution in [2.45, 2.75) is 12.5 Å². The van der Waals surface area contributed by atoms with E-state index < -0.39 is 0 Å². The minimum absolute atomic E-state index is 0.0127. The van der Waals surface area contributed by atoms with E-state index in [1.54, 1.807) is 7.05 Å². The van der Waals surface area contributed by atoms with Crippen LogP contribution in [0.3, 0.4) is 0 Å². The minimum atomic E-state index is 0.0127. The molecule has 0 aliphatic carbocycles. The highest BCUT2D eigenvalue weighted by atomic mass is 16.5. The largest absolute Gasteiger partial charge is 0.314 e. The monoisotopic (exact) mass is 177 g/mol. The van der Waals surface area contributed by atoms with Gasteiger partial charge in [-0.2, -0.15) is 5.06 Å². The molecule has 0 aliphatic heterocycles. The molecular weight excluding hydrogens is 162 g/mol. The smallest absolute Gasteiger partial charge is 0.0630 e. The number of hydroxylamine groups is 2. The Morgan fingerprint density at radius 2 is 2.08 bits per heavy atom. The van der Waals surface area contributed by atoms with Crippen LogP contribution in [0.5, 0.6) is 0 Å². The maximum atomic E-state index is 9.38. The minimum Gasteiger partial charge on any atom is -0.314 e. The molecule has 0 heterocycles. The first-order valence-corrected chi connectivity index (χ1v) is 4.33. The second-order valence-corrected chi connectivity index (χ2v) is 3.02. The van der Waals surface area contributed by atoms with Crippen LogP contribution < -0.4 is 0 Å². The van der Waals surface area contributed by atoms with E-state index in [9.17, 15) is 5.21 Å². The molecule has 1 aromatic carbocycles. The van der Waals surface area contributed by atoms with Gasteiger partial charge in [0.05, 0.1) is 6.04 Å². The summed E-state index contributed by atoms with van der Waals surface area (Å²) >= 11 is 0. The molecule has 0 radical (unpaired) electrons. The first-order valence-electron chi connectivity index (χ1n) is 4.33. The van der Waals surface area contributed by atoms with Gasteiger partial charge >= 0.3 is 0 Å². The maximum Gasteiger partial charge on any atom is 0.0630 e. The normalized spacial score (nSPS) is 12.8. The Morgan fingerprint density at radius 1 is 1.46 bits per heavy atom. The van der Waals surface area contributed by atoms with Crippen LogP contribution in [0.15, 0.2) is 43.0 Å². The van der Waals surface area contributed by atoms with Gasteiger partial charge in [0.2, 0.25) is 0 Å². The van der Waals surface area contributed by atoms with E-state index in [1.165, 1.54) is 5.06 Å². The third-order valence-corrected chi connectivity index (χ3v) is 2.03. The summed E-state index contributed by atoms with van der Waals surface area (Å²) < 4.78 is 0. The Morgan fingerprint density at radius 3 is 2.54 bits per heavy atom. The molecule has 0 fully saturated rings. The van der Waals surface area contributed by atoms with Crippen LogP contribution in [0.4, 0.5) is 0 Å². The van der Waals surface area contributed by atoms with Gasteiger partial charge in [0.25, 0.3) is 0 Å². The predicted molar refractivity (Wildman–Crippen MR) is 53.5 cm³/mol. The highest BCUT2D eigenvalue weighted by molar-refractivity contribution is 5.19. The van der Waals surface area contributed by atoms with Crippen LogP contribution in [0.1, 0.15) is 18.0 Å². The van der Waals surface area contributed by atoms with Crippen molar-refractivity contribution in [2.24, 2.45) is 0 Å². The van der Waals surface area contributed by atoms with Crippen molar-refractivity contribution in [3.05, 3.63) is 48.6 Å². The van der Waals surface area contributed by atoms with Gasteiger partial charge in [-0.15, -0.1) is 6.58 Å². The zero-order valence-corrected chi connectivity index (χ0v) is 7.85. The molecule has 0 bridgehead atoms. The lowest BCUT2D eigenvalue weighted by Gasteiger charge is -2.21. The highest BCUT2D eigenvalue weighted by Crippen LogP contribution is 2.21. The van der Waals surface area contributed by atoms with E-state index in [0.717, 1.165) is 12.0 Å². The molecule has 70 valence electrons. The average Bonchev–Trinajstić information content (AvgIpc) is 2.15. The van der Waals surface area contributed by atoms with Crippen LogP contribution in [0, 0.1) is 0 Å². The summed E-state index contributed by atoms with van der Waals surface area (Å²) in [5.41, 5.74) is 1.10. The lowest BCUT2D eigenvalue weighted by molar-refractivity contribution is -0.103. The lowest BCUT2D eigenvalue weighted by Crippen LogP contribution is -2.19.